The Kier molecular flexibility index (Phi) is 6.92. The van der Waals surface area contributed by atoms with Crippen LogP contribution in [0.25, 0.3) is 0 Å². The van der Waals surface area contributed by atoms with Gasteiger partial charge in [-0.3, -0.25) is 9.89 Å². The van der Waals surface area contributed by atoms with E-state index in [1.165, 1.54) is 36.0 Å². The third-order valence-corrected chi connectivity index (χ3v) is 5.19. The fraction of sp³-hybridized carbons (Fsp3) is 0.667. The molecule has 0 aromatic heterocycles. The highest BCUT2D eigenvalue weighted by Gasteiger charge is 2.21. The number of hydrogen-bond donors (Lipinski definition) is 2. The van der Waals surface area contributed by atoms with Crippen molar-refractivity contribution in [2.24, 2.45) is 10.9 Å². The van der Waals surface area contributed by atoms with Gasteiger partial charge in [-0.25, -0.2) is 0 Å². The molecular weight excluding hydrogens is 324 g/mol. The van der Waals surface area contributed by atoms with Crippen LogP contribution in [0, 0.1) is 5.92 Å². The lowest BCUT2D eigenvalue weighted by atomic mass is 10.1. The minimum absolute atomic E-state index is 0.223. The summed E-state index contributed by atoms with van der Waals surface area (Å²) in [7, 11) is 1.82. The Labute approximate surface area is 158 Å². The first kappa shape index (κ1) is 19.2. The van der Waals surface area contributed by atoms with Crippen molar-refractivity contribution in [3.8, 4) is 0 Å². The first-order chi connectivity index (χ1) is 12.6. The second-order valence-corrected chi connectivity index (χ2v) is 7.91. The minimum Gasteiger partial charge on any atom is -0.374 e. The van der Waals surface area contributed by atoms with E-state index < -0.39 is 0 Å². The average molecular weight is 359 g/mol. The molecule has 1 saturated heterocycles. The number of nitrogens with one attached hydrogen (secondary N) is 2. The van der Waals surface area contributed by atoms with E-state index in [0.717, 1.165) is 45.3 Å². The normalized spacial score (nSPS) is 21.1. The van der Waals surface area contributed by atoms with Crippen molar-refractivity contribution in [2.75, 3.05) is 39.8 Å². The quantitative estimate of drug-likeness (QED) is 0.605. The number of aliphatic imine (C=N–C) groups is 1. The number of benzene rings is 1. The lowest BCUT2D eigenvalue weighted by Crippen LogP contribution is -2.50. The molecule has 1 atom stereocenters. The van der Waals surface area contributed by atoms with Crippen molar-refractivity contribution in [3.63, 3.8) is 0 Å². The molecule has 1 unspecified atom stereocenters. The Morgan fingerprint density at radius 1 is 1.27 bits per heavy atom. The Morgan fingerprint density at radius 2 is 2.12 bits per heavy atom. The molecule has 1 aromatic rings. The predicted octanol–water partition coefficient (Wildman–Crippen LogP) is 2.20. The molecule has 0 radical (unpaired) electrons. The monoisotopic (exact) mass is 358 g/mol. The molecule has 0 spiro atoms. The van der Waals surface area contributed by atoms with E-state index in [2.05, 4.69) is 52.6 Å². The molecule has 26 heavy (non-hydrogen) atoms. The molecule has 5 heteroatoms. The second-order valence-electron chi connectivity index (χ2n) is 7.91. The van der Waals surface area contributed by atoms with Gasteiger partial charge in [0.2, 0.25) is 0 Å². The predicted molar refractivity (Wildman–Crippen MR) is 108 cm³/mol. The summed E-state index contributed by atoms with van der Waals surface area (Å²) < 4.78 is 5.91. The molecule has 2 N–H and O–H groups in total. The molecule has 144 valence electrons. The summed E-state index contributed by atoms with van der Waals surface area (Å²) in [6.45, 7) is 10.1. The maximum Gasteiger partial charge on any atom is 0.191 e. The van der Waals surface area contributed by atoms with Crippen molar-refractivity contribution in [1.29, 1.82) is 0 Å². The van der Waals surface area contributed by atoms with Gasteiger partial charge in [0.15, 0.2) is 5.96 Å². The van der Waals surface area contributed by atoms with Crippen molar-refractivity contribution < 1.29 is 4.74 Å². The van der Waals surface area contributed by atoms with Crippen molar-refractivity contribution in [1.82, 2.24) is 15.5 Å². The summed E-state index contributed by atoms with van der Waals surface area (Å²) in [5.74, 6) is 1.54. The maximum absolute atomic E-state index is 5.91. The highest BCUT2D eigenvalue weighted by molar-refractivity contribution is 5.79. The molecular formula is C21H34N4O. The van der Waals surface area contributed by atoms with Gasteiger partial charge >= 0.3 is 0 Å². The molecule has 3 rings (SSSR count). The molecule has 1 fully saturated rings. The number of nitrogens with zero attached hydrogens (tertiary/aromatic N) is 2. The number of aryl methyl sites for hydroxylation is 2. The van der Waals surface area contributed by atoms with Crippen LogP contribution < -0.4 is 10.6 Å². The van der Waals surface area contributed by atoms with Crippen LogP contribution in [0.15, 0.2) is 23.2 Å². The molecule has 1 aromatic carbocycles. The zero-order chi connectivity index (χ0) is 18.4. The van der Waals surface area contributed by atoms with Gasteiger partial charge in [0.25, 0.3) is 0 Å². The van der Waals surface area contributed by atoms with E-state index in [4.69, 9.17) is 4.74 Å². The number of rotatable bonds is 6. The minimum atomic E-state index is 0.223. The van der Waals surface area contributed by atoms with Crippen LogP contribution in [-0.2, 0) is 24.1 Å². The van der Waals surface area contributed by atoms with Gasteiger partial charge < -0.3 is 15.4 Å². The van der Waals surface area contributed by atoms with Crippen LogP contribution >= 0.6 is 0 Å². The van der Waals surface area contributed by atoms with E-state index in [-0.39, 0.29) is 6.10 Å². The third-order valence-electron chi connectivity index (χ3n) is 5.19. The highest BCUT2D eigenvalue weighted by Crippen LogP contribution is 2.22. The smallest absolute Gasteiger partial charge is 0.191 e. The van der Waals surface area contributed by atoms with E-state index in [0.29, 0.717) is 5.92 Å². The molecule has 0 amide bonds. The zero-order valence-electron chi connectivity index (χ0n) is 16.6. The van der Waals surface area contributed by atoms with Crippen molar-refractivity contribution in [3.05, 3.63) is 34.9 Å². The largest absolute Gasteiger partial charge is 0.374 e. The molecule has 0 saturated carbocycles. The SMILES string of the molecule is CN=C(NCc1ccc2c(c1)CCC2)NCC1CN(CC(C)C)CCO1. The van der Waals surface area contributed by atoms with Crippen LogP contribution in [-0.4, -0.2) is 56.8 Å². The molecule has 1 aliphatic carbocycles. The Balaban J connectivity index is 1.43. The molecule has 5 nitrogen and oxygen atoms in total. The standard InChI is InChI=1S/C21H34N4O/c1-16(2)14-25-9-10-26-20(15-25)13-24-21(22-3)23-12-17-7-8-18-5-4-6-19(18)11-17/h7-8,11,16,20H,4-6,9-10,12-15H2,1-3H3,(H2,22,23,24). The van der Waals surface area contributed by atoms with Crippen molar-refractivity contribution in [2.45, 2.75) is 45.8 Å². The lowest BCUT2D eigenvalue weighted by molar-refractivity contribution is -0.0284. The van der Waals surface area contributed by atoms with Crippen LogP contribution in [0.3, 0.4) is 0 Å². The van der Waals surface area contributed by atoms with E-state index in [1.54, 1.807) is 0 Å². The summed E-state index contributed by atoms with van der Waals surface area (Å²) in [5.41, 5.74) is 4.37. The number of morpholine rings is 1. The number of guanidine groups is 1. The second kappa shape index (κ2) is 9.38. The Bertz CT molecular complexity index is 614. The van der Waals surface area contributed by atoms with Gasteiger partial charge in [0.05, 0.1) is 12.7 Å². The molecule has 2 aliphatic rings. The number of ether oxygens (including phenoxy) is 1. The van der Waals surface area contributed by atoms with E-state index in [9.17, 15) is 0 Å². The number of hydrogen-bond acceptors (Lipinski definition) is 3. The van der Waals surface area contributed by atoms with E-state index in [1.807, 2.05) is 7.05 Å². The summed E-state index contributed by atoms with van der Waals surface area (Å²) in [4.78, 5) is 6.85. The number of fused-ring (bicyclic) bond motifs is 1. The summed E-state index contributed by atoms with van der Waals surface area (Å²) in [6.07, 6.45) is 3.98. The topological polar surface area (TPSA) is 48.9 Å². The maximum atomic E-state index is 5.91. The van der Waals surface area contributed by atoms with Crippen LogP contribution in [0.1, 0.15) is 37.0 Å². The zero-order valence-corrected chi connectivity index (χ0v) is 16.6. The molecule has 0 bridgehead atoms. The summed E-state index contributed by atoms with van der Waals surface area (Å²) in [5, 5.41) is 6.85. The first-order valence-corrected chi connectivity index (χ1v) is 10.0. The van der Waals surface area contributed by atoms with E-state index >= 15 is 0 Å². The van der Waals surface area contributed by atoms with Crippen LogP contribution in [0.5, 0.6) is 0 Å². The third kappa shape index (κ3) is 5.45. The highest BCUT2D eigenvalue weighted by atomic mass is 16.5. The summed E-state index contributed by atoms with van der Waals surface area (Å²) >= 11 is 0. The van der Waals surface area contributed by atoms with Gasteiger partial charge in [-0.05, 0) is 41.9 Å². The van der Waals surface area contributed by atoms with Crippen LogP contribution in [0.2, 0.25) is 0 Å². The van der Waals surface area contributed by atoms with Gasteiger partial charge in [-0.15, -0.1) is 0 Å². The van der Waals surface area contributed by atoms with Gasteiger partial charge in [-0.1, -0.05) is 32.0 Å². The Hall–Kier alpha value is -1.59. The van der Waals surface area contributed by atoms with Gasteiger partial charge in [-0.2, -0.15) is 0 Å². The summed E-state index contributed by atoms with van der Waals surface area (Å²) in [6, 6.07) is 6.86. The Morgan fingerprint density at radius 3 is 2.92 bits per heavy atom. The lowest BCUT2D eigenvalue weighted by Gasteiger charge is -2.34. The average Bonchev–Trinajstić information content (AvgIpc) is 3.09. The van der Waals surface area contributed by atoms with Gasteiger partial charge in [0, 0.05) is 39.8 Å². The molecule has 1 heterocycles. The molecule has 1 aliphatic heterocycles. The van der Waals surface area contributed by atoms with Crippen molar-refractivity contribution >= 4 is 5.96 Å². The van der Waals surface area contributed by atoms with Crippen LogP contribution in [0.4, 0.5) is 0 Å². The first-order valence-electron chi connectivity index (χ1n) is 10.0. The van der Waals surface area contributed by atoms with Gasteiger partial charge in [0.1, 0.15) is 0 Å². The fourth-order valence-electron chi connectivity index (χ4n) is 3.94. The fourth-order valence-corrected chi connectivity index (χ4v) is 3.94.